The first kappa shape index (κ1) is 51.1. The Morgan fingerprint density at radius 2 is 1.03 bits per heavy atom. The maximum atomic E-state index is 14.4. The molecule has 0 aromatic heterocycles. The summed E-state index contributed by atoms with van der Waals surface area (Å²) < 4.78 is 4.66. The number of amides is 1. The number of thioether (sulfide) groups is 2. The van der Waals surface area contributed by atoms with Crippen molar-refractivity contribution in [2.24, 2.45) is 5.92 Å². The highest BCUT2D eigenvalue weighted by Crippen LogP contribution is 2.51. The Labute approximate surface area is 446 Å². The maximum absolute atomic E-state index is 14.4. The Balaban J connectivity index is 0.874. The van der Waals surface area contributed by atoms with E-state index >= 15 is 0 Å². The number of carbonyl (C=O) groups is 2. The van der Waals surface area contributed by atoms with E-state index in [0.717, 1.165) is 51.1 Å². The molecule has 1 N–H and O–H groups in total. The normalized spacial score (nSPS) is 17.8. The van der Waals surface area contributed by atoms with Crippen molar-refractivity contribution in [2.75, 3.05) is 51.3 Å². The predicted octanol–water partition coefficient (Wildman–Crippen LogP) is 13.2. The molecular weight excluding hydrogens is 947 g/mol. The van der Waals surface area contributed by atoms with E-state index in [4.69, 9.17) is 4.74 Å². The fraction of sp³-hybridized carbons (Fsp3) is 0.273. The summed E-state index contributed by atoms with van der Waals surface area (Å²) in [6, 6.07) is 80.5. The Kier molecular flexibility index (Phi) is 16.8. The molecule has 2 bridgehead atoms. The van der Waals surface area contributed by atoms with Crippen LogP contribution in [0.1, 0.15) is 70.5 Å². The van der Waals surface area contributed by atoms with E-state index in [-0.39, 0.29) is 29.8 Å². The van der Waals surface area contributed by atoms with Gasteiger partial charge in [0.15, 0.2) is 0 Å². The number of carbonyl (C=O) groups excluding carboxylic acids is 2. The van der Waals surface area contributed by atoms with Crippen LogP contribution in [0.5, 0.6) is 0 Å². The molecule has 0 radical (unpaired) electrons. The third-order valence-electron chi connectivity index (χ3n) is 15.5. The molecule has 376 valence electrons. The number of nitrogens with zero attached hydrogens (tertiary/aromatic N) is 2. The first-order valence-electron chi connectivity index (χ1n) is 26.4. The highest BCUT2D eigenvalue weighted by atomic mass is 32.2. The van der Waals surface area contributed by atoms with Crippen LogP contribution in [0.25, 0.3) is 10.8 Å². The van der Waals surface area contributed by atoms with Crippen LogP contribution in [0.3, 0.4) is 0 Å². The number of hydrogen-bond donors (Lipinski definition) is 1. The van der Waals surface area contributed by atoms with Gasteiger partial charge < -0.3 is 10.1 Å². The van der Waals surface area contributed by atoms with Gasteiger partial charge in [-0.1, -0.05) is 224 Å². The SMILES string of the molecule is COC(=O)[C@H]1[C@@H](c2ccc3ccccc3c2)CC2CC[C@H]1N2CCCN(CCSC(c1ccccc1)(c1ccccc1)c1ccccc1)CC(=O)NCCSC(c1ccccc1)(c1ccccc1)c1ccccc1. The van der Waals surface area contributed by atoms with Gasteiger partial charge in [0.25, 0.3) is 0 Å². The molecule has 8 aromatic rings. The first-order valence-corrected chi connectivity index (χ1v) is 28.4. The molecule has 6 nitrogen and oxygen atoms in total. The van der Waals surface area contributed by atoms with Gasteiger partial charge in [-0.15, -0.1) is 23.5 Å². The molecule has 0 saturated carbocycles. The number of nitrogens with one attached hydrogen (secondary N) is 1. The molecular formula is C66H67N3O3S2. The number of esters is 1. The molecule has 1 amide bonds. The summed E-state index contributed by atoms with van der Waals surface area (Å²) in [4.78, 5) is 33.2. The number of methoxy groups -OCH3 is 1. The number of rotatable bonds is 22. The van der Waals surface area contributed by atoms with Gasteiger partial charge in [0.2, 0.25) is 5.91 Å². The van der Waals surface area contributed by atoms with Gasteiger partial charge in [-0.3, -0.25) is 19.4 Å². The van der Waals surface area contributed by atoms with E-state index in [2.05, 4.69) is 240 Å². The van der Waals surface area contributed by atoms with Gasteiger partial charge >= 0.3 is 5.97 Å². The Hall–Kier alpha value is -6.42. The lowest BCUT2D eigenvalue weighted by Gasteiger charge is -2.44. The van der Waals surface area contributed by atoms with Crippen LogP contribution in [0, 0.1) is 5.92 Å². The third-order valence-corrected chi connectivity index (χ3v) is 18.6. The molecule has 1 unspecified atom stereocenters. The van der Waals surface area contributed by atoms with E-state index in [1.807, 2.05) is 23.5 Å². The molecule has 8 heteroatoms. The van der Waals surface area contributed by atoms with Crippen molar-refractivity contribution in [3.8, 4) is 0 Å². The van der Waals surface area contributed by atoms with Crippen molar-refractivity contribution in [3.63, 3.8) is 0 Å². The smallest absolute Gasteiger partial charge is 0.310 e. The van der Waals surface area contributed by atoms with E-state index in [1.165, 1.54) is 49.7 Å². The quantitative estimate of drug-likeness (QED) is 0.0412. The Morgan fingerprint density at radius 1 is 0.568 bits per heavy atom. The number of benzene rings is 8. The van der Waals surface area contributed by atoms with Gasteiger partial charge in [-0.05, 0) is 88.5 Å². The van der Waals surface area contributed by atoms with Crippen molar-refractivity contribution in [2.45, 2.75) is 53.2 Å². The third kappa shape index (κ3) is 11.0. The highest BCUT2D eigenvalue weighted by Gasteiger charge is 2.51. The minimum Gasteiger partial charge on any atom is -0.469 e. The lowest BCUT2D eigenvalue weighted by atomic mass is 9.75. The molecule has 2 fully saturated rings. The van der Waals surface area contributed by atoms with Gasteiger partial charge in [-0.2, -0.15) is 0 Å². The molecule has 4 atom stereocenters. The summed E-state index contributed by atoms with van der Waals surface area (Å²) in [5, 5.41) is 5.79. The summed E-state index contributed by atoms with van der Waals surface area (Å²) in [7, 11) is 1.54. The largest absolute Gasteiger partial charge is 0.469 e. The molecule has 74 heavy (non-hydrogen) atoms. The fourth-order valence-corrected chi connectivity index (χ4v) is 15.1. The lowest BCUT2D eigenvalue weighted by Crippen LogP contribution is -2.51. The van der Waals surface area contributed by atoms with Gasteiger partial charge in [-0.25, -0.2) is 0 Å². The van der Waals surface area contributed by atoms with E-state index in [9.17, 15) is 9.59 Å². The van der Waals surface area contributed by atoms with Crippen molar-refractivity contribution in [1.82, 2.24) is 15.1 Å². The average molecular weight is 1010 g/mol. The molecule has 2 aliphatic heterocycles. The molecule has 10 rings (SSSR count). The second kappa shape index (κ2) is 24.3. The summed E-state index contributed by atoms with van der Waals surface area (Å²) in [6.45, 7) is 3.16. The number of piperidine rings is 1. The van der Waals surface area contributed by atoms with Crippen LogP contribution in [0.2, 0.25) is 0 Å². The monoisotopic (exact) mass is 1010 g/mol. The molecule has 0 spiro atoms. The summed E-state index contributed by atoms with van der Waals surface area (Å²) in [5.41, 5.74) is 8.53. The minimum absolute atomic E-state index is 0.0304. The molecule has 2 saturated heterocycles. The Bertz CT molecular complexity index is 2840. The zero-order valence-electron chi connectivity index (χ0n) is 42.4. The van der Waals surface area contributed by atoms with Crippen LogP contribution < -0.4 is 5.32 Å². The average Bonchev–Trinajstić information content (AvgIpc) is 3.74. The van der Waals surface area contributed by atoms with Gasteiger partial charge in [0, 0.05) is 42.6 Å². The summed E-state index contributed by atoms with van der Waals surface area (Å²) in [5.74, 6) is 1.30. The van der Waals surface area contributed by atoms with Crippen LogP contribution in [-0.4, -0.2) is 85.1 Å². The lowest BCUT2D eigenvalue weighted by molar-refractivity contribution is -0.150. The van der Waals surface area contributed by atoms with Crippen LogP contribution in [0.4, 0.5) is 0 Å². The minimum atomic E-state index is -0.463. The number of ether oxygens (including phenoxy) is 1. The second-order valence-corrected chi connectivity index (χ2v) is 22.4. The zero-order valence-corrected chi connectivity index (χ0v) is 44.0. The summed E-state index contributed by atoms with van der Waals surface area (Å²) >= 11 is 3.81. The second-order valence-electron chi connectivity index (χ2n) is 19.8. The summed E-state index contributed by atoms with van der Waals surface area (Å²) in [6.07, 6.45) is 3.86. The van der Waals surface area contributed by atoms with E-state index in [0.29, 0.717) is 24.9 Å². The van der Waals surface area contributed by atoms with E-state index in [1.54, 1.807) is 7.11 Å². The number of hydrogen-bond acceptors (Lipinski definition) is 7. The number of fused-ring (bicyclic) bond motifs is 3. The molecule has 8 aromatic carbocycles. The van der Waals surface area contributed by atoms with E-state index < -0.39 is 9.49 Å². The maximum Gasteiger partial charge on any atom is 0.310 e. The van der Waals surface area contributed by atoms with Crippen LogP contribution in [-0.2, 0) is 23.8 Å². The van der Waals surface area contributed by atoms with Crippen LogP contribution in [0.15, 0.2) is 224 Å². The van der Waals surface area contributed by atoms with Crippen molar-refractivity contribution in [3.05, 3.63) is 263 Å². The van der Waals surface area contributed by atoms with Gasteiger partial charge in [0.1, 0.15) is 0 Å². The predicted molar refractivity (Wildman–Crippen MR) is 308 cm³/mol. The molecule has 2 aliphatic rings. The van der Waals surface area contributed by atoms with Gasteiger partial charge in [0.05, 0.1) is 29.1 Å². The Morgan fingerprint density at radius 3 is 1.51 bits per heavy atom. The topological polar surface area (TPSA) is 61.9 Å². The fourth-order valence-electron chi connectivity index (χ4n) is 12.2. The first-order chi connectivity index (χ1) is 36.5. The van der Waals surface area contributed by atoms with Crippen LogP contribution >= 0.6 is 23.5 Å². The highest BCUT2D eigenvalue weighted by molar-refractivity contribution is 8.00. The standard InChI is InChI=1S/C66H67N3O3S2/c1-72-64(71)63-60(52-38-37-50-23-20-21-24-51(50)47-52)48-59-39-40-61(63)69(59)43-22-42-68(44-46-74-66(56-31-14-5-15-32-56,57-33-16-6-17-34-57)58-35-18-7-19-36-58)49-62(70)67-41-45-73-65(53-25-8-2-9-26-53,54-27-10-3-11-28-54)55-29-12-4-13-30-55/h2-21,23-38,47,59-61,63H,22,39-46,48-49H2,1H3,(H,67,70)/t59?,60-,61-,63+/m1/s1. The van der Waals surface area contributed by atoms with Crippen molar-refractivity contribution < 1.29 is 14.3 Å². The van der Waals surface area contributed by atoms with Crippen molar-refractivity contribution in [1.29, 1.82) is 0 Å². The zero-order chi connectivity index (χ0) is 50.6. The molecule has 0 aliphatic carbocycles. The molecule has 2 heterocycles. The van der Waals surface area contributed by atoms with Crippen molar-refractivity contribution >= 4 is 46.2 Å².